The highest BCUT2D eigenvalue weighted by molar-refractivity contribution is 5.81. The number of nitrogen functional groups attached to an aromatic ring is 1. The van der Waals surface area contributed by atoms with Crippen molar-refractivity contribution in [1.29, 1.82) is 0 Å². The van der Waals surface area contributed by atoms with Crippen molar-refractivity contribution in [2.45, 2.75) is 44.3 Å². The quantitative estimate of drug-likeness (QED) is 0.607. The van der Waals surface area contributed by atoms with Crippen LogP contribution < -0.4 is 5.73 Å². The van der Waals surface area contributed by atoms with Crippen molar-refractivity contribution in [3.63, 3.8) is 0 Å². The molecular weight excluding hydrogens is 318 g/mol. The summed E-state index contributed by atoms with van der Waals surface area (Å²) >= 11 is 0. The minimum Gasteiger partial charge on any atom is -0.455 e. The standard InChI is InChI=1S/C14H19N5O5/c1-2-3-8(21)24-11-10(22)7(4-20)23-14(11)19-6-18-9-12(15)16-5-17-13(9)19/h5-7,10-11,14,20,22H,2-4H2,1H3,(H2,15,16,17)/t7-,10-,11+,14+/m1/s1. The van der Waals surface area contributed by atoms with E-state index in [1.807, 2.05) is 6.92 Å². The van der Waals surface area contributed by atoms with Gasteiger partial charge in [0.05, 0.1) is 12.9 Å². The number of hydrogen-bond donors (Lipinski definition) is 3. The highest BCUT2D eigenvalue weighted by Crippen LogP contribution is 2.34. The molecule has 4 atom stereocenters. The molecule has 1 aliphatic rings. The molecule has 0 aromatic carbocycles. The van der Waals surface area contributed by atoms with E-state index in [0.29, 0.717) is 17.6 Å². The van der Waals surface area contributed by atoms with Gasteiger partial charge in [0.15, 0.2) is 23.8 Å². The number of rotatable bonds is 5. The van der Waals surface area contributed by atoms with Crippen molar-refractivity contribution in [2.24, 2.45) is 0 Å². The summed E-state index contributed by atoms with van der Waals surface area (Å²) in [5.74, 6) is -0.247. The molecule has 0 aliphatic carbocycles. The van der Waals surface area contributed by atoms with E-state index >= 15 is 0 Å². The Morgan fingerprint density at radius 1 is 1.46 bits per heavy atom. The molecule has 10 nitrogen and oxygen atoms in total. The lowest BCUT2D eigenvalue weighted by atomic mass is 10.1. The molecule has 0 amide bonds. The second kappa shape index (κ2) is 6.67. The second-order valence-electron chi connectivity index (χ2n) is 5.53. The number of nitrogens with zero attached hydrogens (tertiary/aromatic N) is 4. The minimum atomic E-state index is -1.17. The van der Waals surface area contributed by atoms with Gasteiger partial charge in [0.1, 0.15) is 24.1 Å². The zero-order valence-corrected chi connectivity index (χ0v) is 13.1. The Balaban J connectivity index is 1.96. The van der Waals surface area contributed by atoms with Crippen molar-refractivity contribution in [3.8, 4) is 0 Å². The van der Waals surface area contributed by atoms with Crippen LogP contribution >= 0.6 is 0 Å². The molecule has 130 valence electrons. The fourth-order valence-electron chi connectivity index (χ4n) is 2.69. The van der Waals surface area contributed by atoms with Gasteiger partial charge in [-0.2, -0.15) is 0 Å². The largest absolute Gasteiger partial charge is 0.455 e. The lowest BCUT2D eigenvalue weighted by Gasteiger charge is -2.21. The molecule has 24 heavy (non-hydrogen) atoms. The van der Waals surface area contributed by atoms with Crippen LogP contribution in [0.25, 0.3) is 11.2 Å². The molecular formula is C14H19N5O5. The monoisotopic (exact) mass is 337 g/mol. The van der Waals surface area contributed by atoms with Gasteiger partial charge in [-0.3, -0.25) is 9.36 Å². The maximum absolute atomic E-state index is 11.9. The normalized spacial score (nSPS) is 26.8. The molecule has 2 aromatic rings. The van der Waals surface area contributed by atoms with Crippen LogP contribution in [0.5, 0.6) is 0 Å². The SMILES string of the molecule is CCCC(=O)O[C@H]1[C@H](O)[C@@H](CO)O[C@@H]1n1cnc2c(N)ncnc21. The van der Waals surface area contributed by atoms with Gasteiger partial charge in [0.2, 0.25) is 0 Å². The zero-order valence-electron chi connectivity index (χ0n) is 13.1. The Labute approximate surface area is 137 Å². The van der Waals surface area contributed by atoms with E-state index in [9.17, 15) is 15.0 Å². The Morgan fingerprint density at radius 2 is 2.25 bits per heavy atom. The predicted molar refractivity (Wildman–Crippen MR) is 81.5 cm³/mol. The first-order chi connectivity index (χ1) is 11.6. The van der Waals surface area contributed by atoms with E-state index in [2.05, 4.69) is 15.0 Å². The number of aliphatic hydroxyl groups excluding tert-OH is 2. The summed E-state index contributed by atoms with van der Waals surface area (Å²) in [6.45, 7) is 1.43. The maximum Gasteiger partial charge on any atom is 0.306 e. The van der Waals surface area contributed by atoms with E-state index in [0.717, 1.165) is 0 Å². The number of carbonyl (C=O) groups excluding carboxylic acids is 1. The Bertz CT molecular complexity index is 735. The second-order valence-corrected chi connectivity index (χ2v) is 5.53. The van der Waals surface area contributed by atoms with Gasteiger partial charge in [-0.1, -0.05) is 6.92 Å². The molecule has 0 saturated carbocycles. The zero-order chi connectivity index (χ0) is 17.3. The Morgan fingerprint density at radius 3 is 2.96 bits per heavy atom. The summed E-state index contributed by atoms with van der Waals surface area (Å²) in [4.78, 5) is 24.0. The summed E-state index contributed by atoms with van der Waals surface area (Å²) in [5.41, 5.74) is 6.52. The Hall–Kier alpha value is -2.30. The van der Waals surface area contributed by atoms with Gasteiger partial charge in [0.25, 0.3) is 0 Å². The molecule has 1 aliphatic heterocycles. The highest BCUT2D eigenvalue weighted by atomic mass is 16.6. The minimum absolute atomic E-state index is 0.204. The number of aliphatic hydroxyl groups is 2. The lowest BCUT2D eigenvalue weighted by Crippen LogP contribution is -2.37. The number of nitrogens with two attached hydrogens (primary N) is 1. The van der Waals surface area contributed by atoms with Crippen LogP contribution in [0.2, 0.25) is 0 Å². The number of fused-ring (bicyclic) bond motifs is 1. The van der Waals surface area contributed by atoms with Crippen molar-refractivity contribution in [3.05, 3.63) is 12.7 Å². The fraction of sp³-hybridized carbons (Fsp3) is 0.571. The van der Waals surface area contributed by atoms with Gasteiger partial charge in [-0.15, -0.1) is 0 Å². The predicted octanol–water partition coefficient (Wildman–Crippen LogP) is -0.629. The van der Waals surface area contributed by atoms with Crippen molar-refractivity contribution in [2.75, 3.05) is 12.3 Å². The summed E-state index contributed by atoms with van der Waals surface area (Å²) in [5, 5.41) is 19.7. The maximum atomic E-state index is 11.9. The molecule has 0 bridgehead atoms. The van der Waals surface area contributed by atoms with Crippen LogP contribution in [0, 0.1) is 0 Å². The van der Waals surface area contributed by atoms with Gasteiger partial charge in [-0.25, -0.2) is 15.0 Å². The van der Waals surface area contributed by atoms with E-state index in [-0.39, 0.29) is 12.2 Å². The van der Waals surface area contributed by atoms with E-state index in [4.69, 9.17) is 15.2 Å². The molecule has 10 heteroatoms. The summed E-state index contributed by atoms with van der Waals surface area (Å²) < 4.78 is 12.5. The third-order valence-electron chi connectivity index (χ3n) is 3.88. The molecule has 2 aromatic heterocycles. The van der Waals surface area contributed by atoms with Gasteiger partial charge in [0, 0.05) is 6.42 Å². The molecule has 0 radical (unpaired) electrons. The van der Waals surface area contributed by atoms with E-state index < -0.39 is 37.1 Å². The third kappa shape index (κ3) is 2.79. The lowest BCUT2D eigenvalue weighted by molar-refractivity contribution is -0.158. The number of carbonyl (C=O) groups is 1. The first kappa shape index (κ1) is 16.6. The number of imidazole rings is 1. The number of esters is 1. The van der Waals surface area contributed by atoms with Gasteiger partial charge in [-0.05, 0) is 6.42 Å². The van der Waals surface area contributed by atoms with Crippen LogP contribution in [0.3, 0.4) is 0 Å². The van der Waals surface area contributed by atoms with E-state index in [1.54, 1.807) is 0 Å². The van der Waals surface area contributed by atoms with Crippen molar-refractivity contribution in [1.82, 2.24) is 19.5 Å². The van der Waals surface area contributed by atoms with Crippen molar-refractivity contribution >= 4 is 23.0 Å². The smallest absolute Gasteiger partial charge is 0.306 e. The number of ether oxygens (including phenoxy) is 2. The molecule has 1 fully saturated rings. The van der Waals surface area contributed by atoms with Crippen LogP contribution in [-0.4, -0.2) is 60.6 Å². The van der Waals surface area contributed by atoms with Crippen LogP contribution in [-0.2, 0) is 14.3 Å². The molecule has 0 spiro atoms. The fourth-order valence-corrected chi connectivity index (χ4v) is 2.69. The summed E-state index contributed by atoms with van der Waals surface area (Å²) in [6.07, 6.45) is -0.375. The molecule has 0 unspecified atom stereocenters. The topological polar surface area (TPSA) is 146 Å². The Kier molecular flexibility index (Phi) is 4.60. The molecule has 4 N–H and O–H groups in total. The number of hydrogen-bond acceptors (Lipinski definition) is 9. The van der Waals surface area contributed by atoms with Crippen LogP contribution in [0.1, 0.15) is 26.0 Å². The van der Waals surface area contributed by atoms with Crippen LogP contribution in [0.4, 0.5) is 5.82 Å². The third-order valence-corrected chi connectivity index (χ3v) is 3.88. The van der Waals surface area contributed by atoms with E-state index in [1.165, 1.54) is 17.2 Å². The van der Waals surface area contributed by atoms with Crippen LogP contribution in [0.15, 0.2) is 12.7 Å². The average molecular weight is 337 g/mol. The molecule has 1 saturated heterocycles. The first-order valence-electron chi connectivity index (χ1n) is 7.63. The first-order valence-corrected chi connectivity index (χ1v) is 7.63. The van der Waals surface area contributed by atoms with Crippen molar-refractivity contribution < 1.29 is 24.5 Å². The number of aromatic nitrogens is 4. The summed E-state index contributed by atoms with van der Waals surface area (Å²) in [7, 11) is 0. The molecule has 3 rings (SSSR count). The van der Waals surface area contributed by atoms with Gasteiger partial charge >= 0.3 is 5.97 Å². The summed E-state index contributed by atoms with van der Waals surface area (Å²) in [6, 6.07) is 0. The average Bonchev–Trinajstić information content (AvgIpc) is 3.11. The van der Waals surface area contributed by atoms with Gasteiger partial charge < -0.3 is 25.4 Å². The molecule has 3 heterocycles. The highest BCUT2D eigenvalue weighted by Gasteiger charge is 2.47. The number of anilines is 1.